The lowest BCUT2D eigenvalue weighted by Gasteiger charge is -2.28. The fourth-order valence-corrected chi connectivity index (χ4v) is 3.96. The van der Waals surface area contributed by atoms with Crippen molar-refractivity contribution >= 4 is 17.8 Å². The van der Waals surface area contributed by atoms with E-state index >= 15 is 0 Å². The SMILES string of the molecule is CCOC(=O)CCC(=O)OCC(=O)N[C@@H](C)[C@H]1C[C@H]2CC[C@H]1C2. The first-order valence-corrected chi connectivity index (χ1v) is 8.60. The Kier molecular flexibility index (Phi) is 6.42. The molecule has 0 spiro atoms. The first-order valence-electron chi connectivity index (χ1n) is 8.60. The van der Waals surface area contributed by atoms with Gasteiger partial charge in [0.05, 0.1) is 19.4 Å². The maximum Gasteiger partial charge on any atom is 0.306 e. The Labute approximate surface area is 137 Å². The van der Waals surface area contributed by atoms with Crippen LogP contribution in [0.3, 0.4) is 0 Å². The minimum absolute atomic E-state index is 0.0180. The molecule has 23 heavy (non-hydrogen) atoms. The normalized spacial score (nSPS) is 26.6. The van der Waals surface area contributed by atoms with Crippen molar-refractivity contribution in [2.24, 2.45) is 17.8 Å². The van der Waals surface area contributed by atoms with Crippen LogP contribution in [0.1, 0.15) is 52.4 Å². The van der Waals surface area contributed by atoms with Crippen molar-refractivity contribution in [3.8, 4) is 0 Å². The fraction of sp³-hybridized carbons (Fsp3) is 0.824. The molecule has 6 heteroatoms. The lowest BCUT2D eigenvalue weighted by atomic mass is 9.84. The summed E-state index contributed by atoms with van der Waals surface area (Å²) < 4.78 is 9.62. The molecule has 2 saturated carbocycles. The lowest BCUT2D eigenvalue weighted by Crippen LogP contribution is -2.42. The summed E-state index contributed by atoms with van der Waals surface area (Å²) in [4.78, 5) is 34.5. The highest BCUT2D eigenvalue weighted by atomic mass is 16.5. The molecule has 0 aromatic rings. The molecular weight excluding hydrogens is 298 g/mol. The van der Waals surface area contributed by atoms with Crippen LogP contribution < -0.4 is 5.32 Å². The number of nitrogens with one attached hydrogen (secondary N) is 1. The highest BCUT2D eigenvalue weighted by Gasteiger charge is 2.42. The average Bonchev–Trinajstić information content (AvgIpc) is 3.14. The van der Waals surface area contributed by atoms with Gasteiger partial charge in [0, 0.05) is 6.04 Å². The molecule has 1 amide bonds. The highest BCUT2D eigenvalue weighted by molar-refractivity contribution is 5.82. The minimum Gasteiger partial charge on any atom is -0.466 e. The summed E-state index contributed by atoms with van der Waals surface area (Å²) >= 11 is 0. The molecule has 6 nitrogen and oxygen atoms in total. The van der Waals surface area contributed by atoms with Crippen molar-refractivity contribution in [1.29, 1.82) is 0 Å². The van der Waals surface area contributed by atoms with Crippen LogP contribution in [0.4, 0.5) is 0 Å². The average molecular weight is 325 g/mol. The van der Waals surface area contributed by atoms with E-state index in [1.54, 1.807) is 6.92 Å². The molecule has 2 fully saturated rings. The highest BCUT2D eigenvalue weighted by Crippen LogP contribution is 2.49. The van der Waals surface area contributed by atoms with E-state index in [1.807, 2.05) is 6.92 Å². The Hall–Kier alpha value is -1.59. The van der Waals surface area contributed by atoms with Crippen LogP contribution in [0.25, 0.3) is 0 Å². The summed E-state index contributed by atoms with van der Waals surface area (Å²) in [5.41, 5.74) is 0. The molecule has 2 aliphatic carbocycles. The third kappa shape index (κ3) is 5.22. The molecule has 0 aromatic carbocycles. The molecule has 2 aliphatic rings. The quantitative estimate of drug-likeness (QED) is 0.688. The number of fused-ring (bicyclic) bond motifs is 2. The van der Waals surface area contributed by atoms with Gasteiger partial charge < -0.3 is 14.8 Å². The van der Waals surface area contributed by atoms with Gasteiger partial charge in [-0.25, -0.2) is 0 Å². The zero-order chi connectivity index (χ0) is 16.8. The second-order valence-electron chi connectivity index (χ2n) is 6.66. The zero-order valence-electron chi connectivity index (χ0n) is 14.0. The van der Waals surface area contributed by atoms with Crippen molar-refractivity contribution in [2.45, 2.75) is 58.4 Å². The Morgan fingerprint density at radius 3 is 2.35 bits per heavy atom. The molecule has 130 valence electrons. The van der Waals surface area contributed by atoms with Crippen molar-refractivity contribution in [2.75, 3.05) is 13.2 Å². The fourth-order valence-electron chi connectivity index (χ4n) is 3.96. The van der Waals surface area contributed by atoms with Crippen molar-refractivity contribution in [1.82, 2.24) is 5.32 Å². The zero-order valence-corrected chi connectivity index (χ0v) is 14.0. The van der Waals surface area contributed by atoms with Gasteiger partial charge in [-0.15, -0.1) is 0 Å². The number of ether oxygens (including phenoxy) is 2. The van der Waals surface area contributed by atoms with Crippen LogP contribution in [0, 0.1) is 17.8 Å². The summed E-state index contributed by atoms with van der Waals surface area (Å²) in [6.45, 7) is 3.74. The predicted molar refractivity (Wildman–Crippen MR) is 83.4 cm³/mol. The first-order chi connectivity index (χ1) is 11.0. The second-order valence-corrected chi connectivity index (χ2v) is 6.66. The van der Waals surface area contributed by atoms with Gasteiger partial charge in [0.15, 0.2) is 6.61 Å². The summed E-state index contributed by atoms with van der Waals surface area (Å²) in [6.07, 6.45) is 5.03. The van der Waals surface area contributed by atoms with Gasteiger partial charge in [0.2, 0.25) is 0 Å². The van der Waals surface area contributed by atoms with Gasteiger partial charge in [0.25, 0.3) is 5.91 Å². The van der Waals surface area contributed by atoms with Crippen LogP contribution in [0.15, 0.2) is 0 Å². The van der Waals surface area contributed by atoms with Crippen LogP contribution in [0.2, 0.25) is 0 Å². The summed E-state index contributed by atoms with van der Waals surface area (Å²) in [5, 5.41) is 2.94. The molecule has 0 heterocycles. The Morgan fingerprint density at radius 1 is 1.09 bits per heavy atom. The van der Waals surface area contributed by atoms with E-state index in [2.05, 4.69) is 5.32 Å². The number of rotatable bonds is 8. The summed E-state index contributed by atoms with van der Waals surface area (Å²) in [7, 11) is 0. The summed E-state index contributed by atoms with van der Waals surface area (Å²) in [6, 6.07) is 0.121. The molecule has 2 bridgehead atoms. The molecule has 0 radical (unpaired) electrons. The van der Waals surface area contributed by atoms with Crippen molar-refractivity contribution < 1.29 is 23.9 Å². The van der Waals surface area contributed by atoms with E-state index in [4.69, 9.17) is 9.47 Å². The van der Waals surface area contributed by atoms with Crippen LogP contribution >= 0.6 is 0 Å². The number of carbonyl (C=O) groups excluding carboxylic acids is 3. The first kappa shape index (κ1) is 17.8. The second kappa shape index (κ2) is 8.31. The lowest BCUT2D eigenvalue weighted by molar-refractivity contribution is -0.152. The Balaban J connectivity index is 1.61. The van der Waals surface area contributed by atoms with Crippen LogP contribution in [-0.4, -0.2) is 37.1 Å². The van der Waals surface area contributed by atoms with Gasteiger partial charge in [-0.2, -0.15) is 0 Å². The Bertz CT molecular complexity index is 450. The standard InChI is InChI=1S/C17H27NO5/c1-3-22-16(20)6-7-17(21)23-10-15(19)18-11(2)14-9-12-4-5-13(14)8-12/h11-14H,3-10H2,1-2H3,(H,18,19)/t11-,12-,13-,14+/m0/s1. The Morgan fingerprint density at radius 2 is 1.78 bits per heavy atom. The molecule has 4 atom stereocenters. The summed E-state index contributed by atoms with van der Waals surface area (Å²) in [5.74, 6) is 0.869. The van der Waals surface area contributed by atoms with Crippen molar-refractivity contribution in [3.05, 3.63) is 0 Å². The smallest absolute Gasteiger partial charge is 0.306 e. The largest absolute Gasteiger partial charge is 0.466 e. The number of carbonyl (C=O) groups is 3. The molecule has 2 rings (SSSR count). The number of esters is 2. The predicted octanol–water partition coefficient (Wildman–Crippen LogP) is 1.81. The number of amides is 1. The van der Waals surface area contributed by atoms with Crippen LogP contribution in [0.5, 0.6) is 0 Å². The van der Waals surface area contributed by atoms with E-state index in [0.717, 1.165) is 11.8 Å². The van der Waals surface area contributed by atoms with E-state index in [1.165, 1.54) is 25.7 Å². The van der Waals surface area contributed by atoms with Crippen molar-refractivity contribution in [3.63, 3.8) is 0 Å². The van der Waals surface area contributed by atoms with Gasteiger partial charge >= 0.3 is 11.9 Å². The van der Waals surface area contributed by atoms with Crippen LogP contribution in [-0.2, 0) is 23.9 Å². The molecule has 1 N–H and O–H groups in total. The number of hydrogen-bond acceptors (Lipinski definition) is 5. The molecule has 0 unspecified atom stereocenters. The van der Waals surface area contributed by atoms with E-state index in [9.17, 15) is 14.4 Å². The van der Waals surface area contributed by atoms with E-state index < -0.39 is 11.9 Å². The maximum absolute atomic E-state index is 11.9. The topological polar surface area (TPSA) is 81.7 Å². The molecular formula is C17H27NO5. The third-order valence-corrected chi connectivity index (χ3v) is 5.03. The molecule has 0 aliphatic heterocycles. The van der Waals surface area contributed by atoms with Gasteiger partial charge in [-0.3, -0.25) is 14.4 Å². The minimum atomic E-state index is -0.555. The maximum atomic E-state index is 11.9. The monoisotopic (exact) mass is 325 g/mol. The molecule has 0 saturated heterocycles. The van der Waals surface area contributed by atoms with E-state index in [0.29, 0.717) is 5.92 Å². The van der Waals surface area contributed by atoms with E-state index in [-0.39, 0.29) is 38.0 Å². The van der Waals surface area contributed by atoms with Gasteiger partial charge in [0.1, 0.15) is 0 Å². The third-order valence-electron chi connectivity index (χ3n) is 5.03. The van der Waals surface area contributed by atoms with Gasteiger partial charge in [-0.1, -0.05) is 6.42 Å². The van der Waals surface area contributed by atoms with Gasteiger partial charge in [-0.05, 0) is 50.9 Å². The number of hydrogen-bond donors (Lipinski definition) is 1. The molecule has 0 aromatic heterocycles.